The normalized spacial score (nSPS) is 20.7. The van der Waals surface area contributed by atoms with Crippen LogP contribution in [0.3, 0.4) is 0 Å². The molecule has 1 aliphatic heterocycles. The third-order valence-electron chi connectivity index (χ3n) is 6.67. The number of rotatable bonds is 9. The third-order valence-corrected chi connectivity index (χ3v) is 6.67. The molecule has 29 heavy (non-hydrogen) atoms. The van der Waals surface area contributed by atoms with E-state index < -0.39 is 0 Å². The largest absolute Gasteiger partial charge is 0.385 e. The molecule has 0 atom stereocenters. The van der Waals surface area contributed by atoms with E-state index in [0.717, 1.165) is 64.7 Å². The van der Waals surface area contributed by atoms with E-state index in [0.29, 0.717) is 5.41 Å². The minimum Gasteiger partial charge on any atom is -0.385 e. The van der Waals surface area contributed by atoms with Crippen molar-refractivity contribution in [2.75, 3.05) is 46.6 Å². The van der Waals surface area contributed by atoms with E-state index in [2.05, 4.69) is 17.6 Å². The van der Waals surface area contributed by atoms with Crippen LogP contribution in [0.4, 0.5) is 4.39 Å². The van der Waals surface area contributed by atoms with E-state index in [1.54, 1.807) is 19.2 Å². The van der Waals surface area contributed by atoms with Crippen LogP contribution in [0.25, 0.3) is 0 Å². The number of ether oxygens (including phenoxy) is 2. The maximum atomic E-state index is 13.5. The van der Waals surface area contributed by atoms with Crippen LogP contribution in [0.5, 0.6) is 0 Å². The van der Waals surface area contributed by atoms with Crippen molar-refractivity contribution in [2.24, 2.45) is 10.4 Å². The number of hydrogen-bond donors (Lipinski definition) is 2. The van der Waals surface area contributed by atoms with Crippen molar-refractivity contribution >= 4 is 5.96 Å². The van der Waals surface area contributed by atoms with Crippen molar-refractivity contribution < 1.29 is 13.9 Å². The van der Waals surface area contributed by atoms with Gasteiger partial charge >= 0.3 is 0 Å². The third kappa shape index (κ3) is 5.70. The summed E-state index contributed by atoms with van der Waals surface area (Å²) >= 11 is 0. The molecule has 0 aromatic heterocycles. The van der Waals surface area contributed by atoms with E-state index >= 15 is 0 Å². The van der Waals surface area contributed by atoms with E-state index in [1.165, 1.54) is 24.8 Å². The maximum absolute atomic E-state index is 13.5. The Bertz CT molecular complexity index is 653. The average Bonchev–Trinajstić information content (AvgIpc) is 2.72. The van der Waals surface area contributed by atoms with E-state index in [1.807, 2.05) is 12.1 Å². The Morgan fingerprint density at radius 2 is 1.86 bits per heavy atom. The summed E-state index contributed by atoms with van der Waals surface area (Å²) in [6, 6.07) is 6.95. The summed E-state index contributed by atoms with van der Waals surface area (Å²) in [5, 5.41) is 6.97. The Morgan fingerprint density at radius 1 is 1.14 bits per heavy atom. The number of benzene rings is 1. The molecular formula is C23H36FN3O2. The highest BCUT2D eigenvalue weighted by molar-refractivity contribution is 5.80. The highest BCUT2D eigenvalue weighted by Crippen LogP contribution is 2.44. The average molecular weight is 406 g/mol. The molecule has 0 spiro atoms. The first kappa shape index (κ1) is 22.0. The molecule has 2 N–H and O–H groups in total. The molecular weight excluding hydrogens is 369 g/mol. The van der Waals surface area contributed by atoms with Crippen molar-refractivity contribution in [2.45, 2.75) is 50.9 Å². The molecule has 6 heteroatoms. The van der Waals surface area contributed by atoms with Gasteiger partial charge in [0.25, 0.3) is 0 Å². The van der Waals surface area contributed by atoms with Crippen LogP contribution in [0, 0.1) is 11.2 Å². The fraction of sp³-hybridized carbons (Fsp3) is 0.696. The van der Waals surface area contributed by atoms with Crippen molar-refractivity contribution in [3.63, 3.8) is 0 Å². The van der Waals surface area contributed by atoms with Gasteiger partial charge in [-0.1, -0.05) is 18.6 Å². The molecule has 0 radical (unpaired) electrons. The molecule has 0 unspecified atom stereocenters. The second-order valence-corrected chi connectivity index (χ2v) is 8.54. The predicted molar refractivity (Wildman–Crippen MR) is 115 cm³/mol. The minimum absolute atomic E-state index is 0.0631. The van der Waals surface area contributed by atoms with Gasteiger partial charge in [0.2, 0.25) is 0 Å². The standard InChI is InChI=1S/C23H36FN3O2/c1-3-25-21(26-17-22(9-4-10-22)11-14-28-2)27-18-23(12-15-29-16-13-23)19-5-7-20(24)8-6-19/h5-8H,3-4,9-18H2,1-2H3,(H2,25,26,27). The van der Waals surface area contributed by atoms with Gasteiger partial charge in [0, 0.05) is 52.0 Å². The summed E-state index contributed by atoms with van der Waals surface area (Å²) in [6.07, 6.45) is 6.66. The fourth-order valence-corrected chi connectivity index (χ4v) is 4.46. The Kier molecular flexibility index (Phi) is 7.90. The second-order valence-electron chi connectivity index (χ2n) is 8.54. The topological polar surface area (TPSA) is 54.9 Å². The highest BCUT2D eigenvalue weighted by Gasteiger charge is 2.37. The zero-order valence-electron chi connectivity index (χ0n) is 17.9. The van der Waals surface area contributed by atoms with Gasteiger partial charge in [-0.3, -0.25) is 4.99 Å². The summed E-state index contributed by atoms with van der Waals surface area (Å²) in [5.41, 5.74) is 1.40. The Hall–Kier alpha value is -1.66. The molecule has 0 amide bonds. The first-order valence-electron chi connectivity index (χ1n) is 11.0. The lowest BCUT2D eigenvalue weighted by Crippen LogP contribution is -2.48. The molecule has 5 nitrogen and oxygen atoms in total. The van der Waals surface area contributed by atoms with E-state index in [4.69, 9.17) is 14.5 Å². The molecule has 1 heterocycles. The lowest BCUT2D eigenvalue weighted by atomic mass is 9.67. The summed E-state index contributed by atoms with van der Waals surface area (Å²) < 4.78 is 24.4. The van der Waals surface area contributed by atoms with Gasteiger partial charge in [-0.2, -0.15) is 0 Å². The summed E-state index contributed by atoms with van der Waals surface area (Å²) in [5.74, 6) is 0.671. The number of guanidine groups is 1. The Morgan fingerprint density at radius 3 is 2.45 bits per heavy atom. The molecule has 1 saturated heterocycles. The lowest BCUT2D eigenvalue weighted by molar-refractivity contribution is 0.0513. The molecule has 1 aromatic rings. The molecule has 1 aromatic carbocycles. The van der Waals surface area contributed by atoms with Gasteiger partial charge in [0.15, 0.2) is 5.96 Å². The highest BCUT2D eigenvalue weighted by atomic mass is 19.1. The van der Waals surface area contributed by atoms with Gasteiger partial charge < -0.3 is 20.1 Å². The molecule has 3 rings (SSSR count). The minimum atomic E-state index is -0.194. The Balaban J connectivity index is 1.69. The molecule has 1 saturated carbocycles. The van der Waals surface area contributed by atoms with E-state index in [-0.39, 0.29) is 11.2 Å². The second kappa shape index (κ2) is 10.4. The van der Waals surface area contributed by atoms with Crippen LogP contribution >= 0.6 is 0 Å². The van der Waals surface area contributed by atoms with Gasteiger partial charge in [-0.25, -0.2) is 4.39 Å². The zero-order chi connectivity index (χ0) is 20.6. The van der Waals surface area contributed by atoms with Gasteiger partial charge in [0.05, 0.1) is 0 Å². The monoisotopic (exact) mass is 405 g/mol. The molecule has 2 aliphatic rings. The van der Waals surface area contributed by atoms with Crippen LogP contribution in [0.1, 0.15) is 51.0 Å². The van der Waals surface area contributed by atoms with Crippen molar-refractivity contribution in [1.82, 2.24) is 10.6 Å². The lowest BCUT2D eigenvalue weighted by Gasteiger charge is -2.41. The number of aliphatic imine (C=N–C) groups is 1. The van der Waals surface area contributed by atoms with Crippen molar-refractivity contribution in [1.29, 1.82) is 0 Å². The molecule has 162 valence electrons. The van der Waals surface area contributed by atoms with Crippen LogP contribution in [0.15, 0.2) is 29.3 Å². The first-order chi connectivity index (χ1) is 14.1. The van der Waals surface area contributed by atoms with Crippen LogP contribution < -0.4 is 10.6 Å². The smallest absolute Gasteiger partial charge is 0.191 e. The van der Waals surface area contributed by atoms with Crippen molar-refractivity contribution in [3.05, 3.63) is 35.6 Å². The molecule has 1 aliphatic carbocycles. The summed E-state index contributed by atoms with van der Waals surface area (Å²) in [4.78, 5) is 4.93. The number of nitrogens with zero attached hydrogens (tertiary/aromatic N) is 1. The van der Waals surface area contributed by atoms with Crippen LogP contribution in [-0.4, -0.2) is 52.5 Å². The zero-order valence-corrected chi connectivity index (χ0v) is 17.9. The van der Waals surface area contributed by atoms with Gasteiger partial charge in [-0.15, -0.1) is 0 Å². The van der Waals surface area contributed by atoms with Crippen LogP contribution in [-0.2, 0) is 14.9 Å². The predicted octanol–water partition coefficient (Wildman–Crippen LogP) is 3.64. The number of methoxy groups -OCH3 is 1. The summed E-state index contributed by atoms with van der Waals surface area (Å²) in [6.45, 7) is 6.76. The number of nitrogens with one attached hydrogen (secondary N) is 2. The number of halogens is 1. The van der Waals surface area contributed by atoms with Gasteiger partial charge in [-0.05, 0) is 62.1 Å². The SMILES string of the molecule is CCNC(=NCC1(CCOC)CCC1)NCC1(c2ccc(F)cc2)CCOCC1. The van der Waals surface area contributed by atoms with E-state index in [9.17, 15) is 4.39 Å². The van der Waals surface area contributed by atoms with Gasteiger partial charge in [0.1, 0.15) is 5.82 Å². The first-order valence-corrected chi connectivity index (χ1v) is 11.0. The quantitative estimate of drug-likeness (QED) is 0.487. The van der Waals surface area contributed by atoms with Crippen molar-refractivity contribution in [3.8, 4) is 0 Å². The molecule has 0 bridgehead atoms. The number of hydrogen-bond acceptors (Lipinski definition) is 3. The maximum Gasteiger partial charge on any atom is 0.191 e. The Labute approximate surface area is 174 Å². The molecule has 2 fully saturated rings. The summed E-state index contributed by atoms with van der Waals surface area (Å²) in [7, 11) is 1.77. The fourth-order valence-electron chi connectivity index (χ4n) is 4.46. The van der Waals surface area contributed by atoms with Crippen LogP contribution in [0.2, 0.25) is 0 Å².